The Morgan fingerprint density at radius 3 is 2.44 bits per heavy atom. The highest BCUT2D eigenvalue weighted by Crippen LogP contribution is 2.28. The maximum absolute atomic E-state index is 11.2. The van der Waals surface area contributed by atoms with E-state index in [0.29, 0.717) is 5.75 Å². The lowest BCUT2D eigenvalue weighted by atomic mass is 10.3. The van der Waals surface area contributed by atoms with Crippen LogP contribution in [0.15, 0.2) is 24.3 Å². The first-order chi connectivity index (χ1) is 7.79. The summed E-state index contributed by atoms with van der Waals surface area (Å²) in [6.07, 6.45) is 1.94. The molecular weight excluding hydrogens is 208 g/mol. The second-order valence-electron chi connectivity index (χ2n) is 3.64. The molecule has 2 rings (SSSR count). The molecule has 0 heterocycles. The summed E-state index contributed by atoms with van der Waals surface area (Å²) in [5.41, 5.74) is 4.90. The molecule has 1 aliphatic carbocycles. The SMILES string of the molecule is COc1ccc(ONNC(=O)C2CC2)cc1. The van der Waals surface area contributed by atoms with Gasteiger partial charge in [0.2, 0.25) is 5.91 Å². The zero-order chi connectivity index (χ0) is 11.4. The molecule has 1 aliphatic rings. The molecule has 2 N–H and O–H groups in total. The van der Waals surface area contributed by atoms with E-state index in [1.807, 2.05) is 0 Å². The summed E-state index contributed by atoms with van der Waals surface area (Å²) >= 11 is 0. The fourth-order valence-corrected chi connectivity index (χ4v) is 1.23. The third-order valence-corrected chi connectivity index (χ3v) is 2.35. The molecule has 0 aliphatic heterocycles. The zero-order valence-electron chi connectivity index (χ0n) is 9.03. The molecule has 0 atom stereocenters. The smallest absolute Gasteiger partial charge is 0.239 e. The summed E-state index contributed by atoms with van der Waals surface area (Å²) in [5.74, 6) is 1.51. The highest BCUT2D eigenvalue weighted by Gasteiger charge is 2.29. The molecule has 1 saturated carbocycles. The minimum absolute atomic E-state index is 0.0199. The normalized spacial score (nSPS) is 14.3. The molecule has 5 nitrogen and oxygen atoms in total. The van der Waals surface area contributed by atoms with Gasteiger partial charge in [-0.2, -0.15) is 0 Å². The summed E-state index contributed by atoms with van der Waals surface area (Å²) in [5, 5.41) is 0. The lowest BCUT2D eigenvalue weighted by Crippen LogP contribution is -2.40. The van der Waals surface area contributed by atoms with Crippen molar-refractivity contribution in [2.45, 2.75) is 12.8 Å². The van der Waals surface area contributed by atoms with Gasteiger partial charge < -0.3 is 9.57 Å². The average molecular weight is 222 g/mol. The van der Waals surface area contributed by atoms with Crippen LogP contribution in [0.3, 0.4) is 0 Å². The van der Waals surface area contributed by atoms with Gasteiger partial charge in [-0.15, -0.1) is 0 Å². The molecule has 0 radical (unpaired) electrons. The lowest BCUT2D eigenvalue weighted by Gasteiger charge is -2.08. The van der Waals surface area contributed by atoms with Crippen LogP contribution in [-0.2, 0) is 4.79 Å². The molecule has 1 fully saturated rings. The van der Waals surface area contributed by atoms with Gasteiger partial charge in [-0.1, -0.05) is 5.59 Å². The molecule has 0 spiro atoms. The van der Waals surface area contributed by atoms with Gasteiger partial charge >= 0.3 is 0 Å². The van der Waals surface area contributed by atoms with E-state index in [1.54, 1.807) is 31.4 Å². The van der Waals surface area contributed by atoms with E-state index in [-0.39, 0.29) is 11.8 Å². The van der Waals surface area contributed by atoms with Crippen molar-refractivity contribution >= 4 is 5.91 Å². The van der Waals surface area contributed by atoms with Gasteiger partial charge in [0.15, 0.2) is 0 Å². The van der Waals surface area contributed by atoms with Crippen molar-refractivity contribution in [1.82, 2.24) is 11.0 Å². The second-order valence-corrected chi connectivity index (χ2v) is 3.64. The number of nitrogens with one attached hydrogen (secondary N) is 2. The molecule has 0 aromatic heterocycles. The fraction of sp³-hybridized carbons (Fsp3) is 0.364. The van der Waals surface area contributed by atoms with E-state index >= 15 is 0 Å². The van der Waals surface area contributed by atoms with Crippen molar-refractivity contribution in [1.29, 1.82) is 0 Å². The van der Waals surface area contributed by atoms with Gasteiger partial charge in [0.1, 0.15) is 11.5 Å². The standard InChI is InChI=1S/C11H14N2O3/c1-15-9-4-6-10(7-5-9)16-13-12-11(14)8-2-3-8/h4-8,13H,2-3H2,1H3,(H,12,14). The molecule has 0 unspecified atom stereocenters. The molecule has 1 aromatic carbocycles. The Balaban J connectivity index is 1.73. The minimum Gasteiger partial charge on any atom is -0.497 e. The molecule has 1 amide bonds. The van der Waals surface area contributed by atoms with Crippen molar-refractivity contribution in [2.24, 2.45) is 5.92 Å². The average Bonchev–Trinajstić information content (AvgIpc) is 3.14. The van der Waals surface area contributed by atoms with Crippen LogP contribution in [0.1, 0.15) is 12.8 Å². The van der Waals surface area contributed by atoms with Gasteiger partial charge in [-0.05, 0) is 37.1 Å². The van der Waals surface area contributed by atoms with E-state index in [1.165, 1.54) is 0 Å². The number of benzene rings is 1. The van der Waals surface area contributed by atoms with Gasteiger partial charge in [-0.25, -0.2) is 0 Å². The van der Waals surface area contributed by atoms with Crippen molar-refractivity contribution in [3.05, 3.63) is 24.3 Å². The second kappa shape index (κ2) is 4.85. The van der Waals surface area contributed by atoms with Crippen LogP contribution in [0.4, 0.5) is 0 Å². The highest BCUT2D eigenvalue weighted by molar-refractivity contribution is 5.80. The van der Waals surface area contributed by atoms with Gasteiger partial charge in [0.25, 0.3) is 0 Å². The predicted octanol–water partition coefficient (Wildman–Crippen LogP) is 1.02. The molecule has 5 heteroatoms. The Morgan fingerprint density at radius 1 is 1.25 bits per heavy atom. The van der Waals surface area contributed by atoms with Crippen LogP contribution in [0.5, 0.6) is 11.5 Å². The molecule has 1 aromatic rings. The Hall–Kier alpha value is -1.75. The first-order valence-electron chi connectivity index (χ1n) is 5.15. The zero-order valence-corrected chi connectivity index (χ0v) is 9.03. The molecule has 16 heavy (non-hydrogen) atoms. The number of hydrogen-bond acceptors (Lipinski definition) is 4. The Labute approximate surface area is 93.7 Å². The molecular formula is C11H14N2O3. The predicted molar refractivity (Wildman–Crippen MR) is 57.6 cm³/mol. The van der Waals surface area contributed by atoms with E-state index in [0.717, 1.165) is 18.6 Å². The lowest BCUT2D eigenvalue weighted by molar-refractivity contribution is -0.125. The van der Waals surface area contributed by atoms with Gasteiger partial charge in [-0.3, -0.25) is 10.2 Å². The number of ether oxygens (including phenoxy) is 1. The number of carbonyl (C=O) groups is 1. The summed E-state index contributed by atoms with van der Waals surface area (Å²) in [6.45, 7) is 0. The maximum atomic E-state index is 11.2. The van der Waals surface area contributed by atoms with Crippen LogP contribution >= 0.6 is 0 Å². The largest absolute Gasteiger partial charge is 0.497 e. The third-order valence-electron chi connectivity index (χ3n) is 2.35. The van der Waals surface area contributed by atoms with Crippen molar-refractivity contribution in [3.63, 3.8) is 0 Å². The van der Waals surface area contributed by atoms with Crippen LogP contribution in [0.2, 0.25) is 0 Å². The van der Waals surface area contributed by atoms with E-state index < -0.39 is 0 Å². The van der Waals surface area contributed by atoms with E-state index in [9.17, 15) is 4.79 Å². The van der Waals surface area contributed by atoms with E-state index in [2.05, 4.69) is 11.0 Å². The van der Waals surface area contributed by atoms with Crippen LogP contribution in [0.25, 0.3) is 0 Å². The van der Waals surface area contributed by atoms with Gasteiger partial charge in [0, 0.05) is 5.92 Å². The van der Waals surface area contributed by atoms with Crippen LogP contribution in [0, 0.1) is 5.92 Å². The molecule has 0 saturated heterocycles. The maximum Gasteiger partial charge on any atom is 0.239 e. The Bertz CT molecular complexity index is 360. The Morgan fingerprint density at radius 2 is 1.88 bits per heavy atom. The summed E-state index contributed by atoms with van der Waals surface area (Å²) < 4.78 is 5.01. The number of carbonyl (C=O) groups excluding carboxylic acids is 1. The number of rotatable bonds is 5. The van der Waals surface area contributed by atoms with Crippen molar-refractivity contribution in [3.8, 4) is 11.5 Å². The quantitative estimate of drug-likeness (QED) is 0.730. The van der Waals surface area contributed by atoms with Crippen LogP contribution < -0.4 is 20.6 Å². The summed E-state index contributed by atoms with van der Waals surface area (Å²) in [7, 11) is 1.60. The Kier molecular flexibility index (Phi) is 3.26. The summed E-state index contributed by atoms with van der Waals surface area (Å²) in [6, 6.07) is 7.05. The van der Waals surface area contributed by atoms with Crippen LogP contribution in [-0.4, -0.2) is 13.0 Å². The highest BCUT2D eigenvalue weighted by atomic mass is 16.7. The number of hydrazine groups is 1. The number of methoxy groups -OCH3 is 1. The van der Waals surface area contributed by atoms with Crippen molar-refractivity contribution < 1.29 is 14.4 Å². The molecule has 86 valence electrons. The summed E-state index contributed by atoms with van der Waals surface area (Å²) in [4.78, 5) is 16.3. The molecule has 0 bridgehead atoms. The van der Waals surface area contributed by atoms with Crippen molar-refractivity contribution in [2.75, 3.05) is 7.11 Å². The topological polar surface area (TPSA) is 59.6 Å². The number of hydrogen-bond donors (Lipinski definition) is 2. The first kappa shape index (κ1) is 10.8. The van der Waals surface area contributed by atoms with Gasteiger partial charge in [0.05, 0.1) is 7.11 Å². The minimum atomic E-state index is -0.0199. The third kappa shape index (κ3) is 2.87. The monoisotopic (exact) mass is 222 g/mol. The van der Waals surface area contributed by atoms with E-state index in [4.69, 9.17) is 9.57 Å². The number of amides is 1. The fourth-order valence-electron chi connectivity index (χ4n) is 1.23. The first-order valence-corrected chi connectivity index (χ1v) is 5.15.